The van der Waals surface area contributed by atoms with Gasteiger partial charge in [-0.2, -0.15) is 0 Å². The van der Waals surface area contributed by atoms with Crippen molar-refractivity contribution in [3.8, 4) is 17.1 Å². The molecule has 1 atom stereocenters. The number of carboxylic acids is 1. The molecule has 7 heteroatoms. The number of carbonyl (C=O) groups excluding carboxylic acids is 1. The van der Waals surface area contributed by atoms with Gasteiger partial charge in [-0.25, -0.2) is 9.78 Å². The van der Waals surface area contributed by atoms with Gasteiger partial charge in [-0.1, -0.05) is 0 Å². The minimum atomic E-state index is -1.12. The third-order valence-electron chi connectivity index (χ3n) is 4.08. The first kappa shape index (κ1) is 15.1. The van der Waals surface area contributed by atoms with Gasteiger partial charge in [-0.3, -0.25) is 4.79 Å². The number of aromatic hydroxyl groups is 1. The molecule has 0 saturated heterocycles. The molecular weight excluding hydrogens is 300 g/mol. The Hall–Kier alpha value is -2.83. The fraction of sp³-hybridized carbons (Fsp3) is 0.312. The van der Waals surface area contributed by atoms with E-state index in [2.05, 4.69) is 4.98 Å². The third kappa shape index (κ3) is 2.65. The van der Waals surface area contributed by atoms with Crippen molar-refractivity contribution in [1.29, 1.82) is 0 Å². The van der Waals surface area contributed by atoms with E-state index in [0.29, 0.717) is 36.5 Å². The molecule has 23 heavy (non-hydrogen) atoms. The maximum atomic E-state index is 11.7. The van der Waals surface area contributed by atoms with Gasteiger partial charge in [0.2, 0.25) is 0 Å². The highest BCUT2D eigenvalue weighted by Crippen LogP contribution is 2.31. The number of hydrogen-bond donors (Lipinski definition) is 2. The molecule has 3 rings (SSSR count). The van der Waals surface area contributed by atoms with Crippen LogP contribution in [0.15, 0.2) is 24.3 Å². The zero-order valence-electron chi connectivity index (χ0n) is 12.5. The number of carbonyl (C=O) groups is 2. The number of phenolic OH excluding ortho intramolecular Hbond substituents is 1. The molecule has 120 valence electrons. The molecule has 0 saturated carbocycles. The number of imidazole rings is 1. The van der Waals surface area contributed by atoms with E-state index in [-0.39, 0.29) is 23.3 Å². The molecule has 0 fully saturated rings. The number of aromatic carboxylic acids is 1. The van der Waals surface area contributed by atoms with Crippen LogP contribution in [0.3, 0.4) is 0 Å². The molecule has 2 aromatic rings. The van der Waals surface area contributed by atoms with Crippen molar-refractivity contribution in [2.45, 2.75) is 19.4 Å². The lowest BCUT2D eigenvalue weighted by molar-refractivity contribution is -0.146. The average Bonchev–Trinajstić information content (AvgIpc) is 2.93. The van der Waals surface area contributed by atoms with E-state index in [1.807, 2.05) is 4.57 Å². The Balaban J connectivity index is 2.06. The Morgan fingerprint density at radius 3 is 2.61 bits per heavy atom. The Morgan fingerprint density at radius 1 is 1.30 bits per heavy atom. The van der Waals surface area contributed by atoms with Crippen molar-refractivity contribution < 1.29 is 24.5 Å². The van der Waals surface area contributed by atoms with Gasteiger partial charge in [0.05, 0.1) is 18.7 Å². The summed E-state index contributed by atoms with van der Waals surface area (Å²) >= 11 is 0. The summed E-state index contributed by atoms with van der Waals surface area (Å²) in [5.74, 6) is -1.15. The van der Waals surface area contributed by atoms with Crippen LogP contribution in [0.4, 0.5) is 0 Å². The van der Waals surface area contributed by atoms with Crippen molar-refractivity contribution in [2.75, 3.05) is 7.11 Å². The fourth-order valence-electron chi connectivity index (χ4n) is 2.92. The first-order chi connectivity index (χ1) is 11.0. The number of benzene rings is 1. The van der Waals surface area contributed by atoms with Gasteiger partial charge in [0.25, 0.3) is 0 Å². The van der Waals surface area contributed by atoms with Gasteiger partial charge in [-0.15, -0.1) is 0 Å². The van der Waals surface area contributed by atoms with Gasteiger partial charge in [0.15, 0.2) is 5.69 Å². The molecular formula is C16H16N2O5. The van der Waals surface area contributed by atoms with Gasteiger partial charge < -0.3 is 19.5 Å². The van der Waals surface area contributed by atoms with Crippen LogP contribution in [0.25, 0.3) is 11.4 Å². The molecule has 2 heterocycles. The van der Waals surface area contributed by atoms with Crippen LogP contribution in [0.2, 0.25) is 0 Å². The molecule has 0 radical (unpaired) electrons. The first-order valence-electron chi connectivity index (χ1n) is 7.21. The van der Waals surface area contributed by atoms with Crippen molar-refractivity contribution >= 4 is 11.9 Å². The highest BCUT2D eigenvalue weighted by Gasteiger charge is 2.32. The van der Waals surface area contributed by atoms with Crippen LogP contribution in [0, 0.1) is 5.92 Å². The lowest BCUT2D eigenvalue weighted by Gasteiger charge is -2.23. The zero-order chi connectivity index (χ0) is 16.6. The molecule has 1 aliphatic heterocycles. The number of methoxy groups -OCH3 is 1. The van der Waals surface area contributed by atoms with Crippen LogP contribution < -0.4 is 0 Å². The Kier molecular flexibility index (Phi) is 3.77. The number of esters is 1. The molecule has 1 aliphatic rings. The Labute approximate surface area is 132 Å². The largest absolute Gasteiger partial charge is 0.508 e. The molecule has 1 unspecified atom stereocenters. The lowest BCUT2D eigenvalue weighted by atomic mass is 9.95. The highest BCUT2D eigenvalue weighted by molar-refractivity contribution is 5.88. The van der Waals surface area contributed by atoms with E-state index >= 15 is 0 Å². The van der Waals surface area contributed by atoms with Crippen molar-refractivity contribution in [3.05, 3.63) is 35.7 Å². The number of phenols is 1. The summed E-state index contributed by atoms with van der Waals surface area (Å²) in [6, 6.07) is 6.42. The summed E-state index contributed by atoms with van der Waals surface area (Å²) in [5.41, 5.74) is 1.21. The van der Waals surface area contributed by atoms with Crippen LogP contribution in [0.5, 0.6) is 5.75 Å². The fourth-order valence-corrected chi connectivity index (χ4v) is 2.92. The van der Waals surface area contributed by atoms with Crippen LogP contribution >= 0.6 is 0 Å². The number of rotatable bonds is 3. The molecule has 0 spiro atoms. The molecule has 1 aromatic carbocycles. The molecule has 0 aliphatic carbocycles. The van der Waals surface area contributed by atoms with E-state index in [0.717, 1.165) is 0 Å². The van der Waals surface area contributed by atoms with Crippen molar-refractivity contribution in [2.24, 2.45) is 5.92 Å². The van der Waals surface area contributed by atoms with E-state index in [1.54, 1.807) is 12.1 Å². The Bertz CT molecular complexity index is 764. The standard InChI is InChI=1S/C16H16N2O5/c1-23-16(22)10-6-7-18-12(8-10)13(15(20)21)17-14(18)9-2-4-11(19)5-3-9/h2-5,10,19H,6-8H2,1H3,(H,20,21). The summed E-state index contributed by atoms with van der Waals surface area (Å²) in [4.78, 5) is 27.5. The average molecular weight is 316 g/mol. The molecule has 0 bridgehead atoms. The van der Waals surface area contributed by atoms with Gasteiger partial charge in [0.1, 0.15) is 11.6 Å². The third-order valence-corrected chi connectivity index (χ3v) is 4.08. The summed E-state index contributed by atoms with van der Waals surface area (Å²) in [7, 11) is 1.33. The predicted molar refractivity (Wildman–Crippen MR) is 80.1 cm³/mol. The predicted octanol–water partition coefficient (Wildman–Crippen LogP) is 1.69. The monoisotopic (exact) mass is 316 g/mol. The van der Waals surface area contributed by atoms with E-state index in [1.165, 1.54) is 19.2 Å². The second-order valence-corrected chi connectivity index (χ2v) is 5.45. The van der Waals surface area contributed by atoms with E-state index in [4.69, 9.17) is 4.74 Å². The highest BCUT2D eigenvalue weighted by atomic mass is 16.5. The van der Waals surface area contributed by atoms with Crippen LogP contribution in [-0.4, -0.2) is 38.8 Å². The minimum Gasteiger partial charge on any atom is -0.508 e. The lowest BCUT2D eigenvalue weighted by Crippen LogP contribution is -2.27. The zero-order valence-corrected chi connectivity index (χ0v) is 12.5. The normalized spacial score (nSPS) is 16.7. The molecule has 0 amide bonds. The van der Waals surface area contributed by atoms with Gasteiger partial charge in [0, 0.05) is 18.5 Å². The van der Waals surface area contributed by atoms with Gasteiger partial charge in [-0.05, 0) is 30.7 Å². The second kappa shape index (κ2) is 5.75. The summed E-state index contributed by atoms with van der Waals surface area (Å²) in [6.45, 7) is 0.492. The Morgan fingerprint density at radius 2 is 2.00 bits per heavy atom. The SMILES string of the molecule is COC(=O)C1CCn2c(-c3ccc(O)cc3)nc(C(=O)O)c2C1. The number of carboxylic acid groups (broad SMARTS) is 1. The summed E-state index contributed by atoms with van der Waals surface area (Å²) in [6.07, 6.45) is 0.861. The van der Waals surface area contributed by atoms with Crippen molar-refractivity contribution in [3.63, 3.8) is 0 Å². The number of nitrogens with zero attached hydrogens (tertiary/aromatic N) is 2. The molecule has 2 N–H and O–H groups in total. The molecule has 1 aromatic heterocycles. The van der Waals surface area contributed by atoms with Crippen molar-refractivity contribution in [1.82, 2.24) is 9.55 Å². The smallest absolute Gasteiger partial charge is 0.356 e. The van der Waals surface area contributed by atoms with E-state index in [9.17, 15) is 19.8 Å². The minimum absolute atomic E-state index is 0.0401. The maximum Gasteiger partial charge on any atom is 0.356 e. The number of hydrogen-bond acceptors (Lipinski definition) is 5. The van der Waals surface area contributed by atoms with Crippen LogP contribution in [-0.2, 0) is 22.5 Å². The number of ether oxygens (including phenoxy) is 1. The molecule has 7 nitrogen and oxygen atoms in total. The van der Waals surface area contributed by atoms with E-state index < -0.39 is 5.97 Å². The first-order valence-corrected chi connectivity index (χ1v) is 7.21. The topological polar surface area (TPSA) is 102 Å². The summed E-state index contributed by atoms with van der Waals surface area (Å²) < 4.78 is 6.59. The second-order valence-electron chi connectivity index (χ2n) is 5.45. The number of aromatic nitrogens is 2. The summed E-state index contributed by atoms with van der Waals surface area (Å²) in [5, 5.41) is 18.8. The van der Waals surface area contributed by atoms with Gasteiger partial charge >= 0.3 is 11.9 Å². The van der Waals surface area contributed by atoms with Crippen LogP contribution in [0.1, 0.15) is 22.6 Å². The quantitative estimate of drug-likeness (QED) is 0.836. The maximum absolute atomic E-state index is 11.7. The number of fused-ring (bicyclic) bond motifs is 1.